The molecule has 1 rings (SSSR count). The van der Waals surface area contributed by atoms with Crippen LogP contribution in [0.15, 0.2) is 30.3 Å². The second kappa shape index (κ2) is 7.70. The summed E-state index contributed by atoms with van der Waals surface area (Å²) in [6.07, 6.45) is 4.12. The molecule has 0 fully saturated rings. The number of carbonyl (C=O) groups excluding carboxylic acids is 1. The van der Waals surface area contributed by atoms with E-state index in [-0.39, 0.29) is 16.8 Å². The molecule has 0 amide bonds. The Bertz CT molecular complexity index is 464. The third-order valence-corrected chi connectivity index (χ3v) is 3.97. The molecule has 0 aliphatic carbocycles. The molecule has 0 N–H and O–H groups in total. The third kappa shape index (κ3) is 5.56. The number of esters is 1. The van der Waals surface area contributed by atoms with Gasteiger partial charge in [0, 0.05) is 5.02 Å². The van der Waals surface area contributed by atoms with Gasteiger partial charge in [-0.3, -0.25) is 4.79 Å². The van der Waals surface area contributed by atoms with Crippen molar-refractivity contribution in [1.29, 1.82) is 0 Å². The number of halogens is 2. The zero-order valence-electron chi connectivity index (χ0n) is 12.0. The summed E-state index contributed by atoms with van der Waals surface area (Å²) in [5.74, 6) is -0.219. The quantitative estimate of drug-likeness (QED) is 0.549. The number of allylic oxidation sites excluding steroid dienone is 1. The molecule has 0 aliphatic heterocycles. The lowest BCUT2D eigenvalue weighted by molar-refractivity contribution is -0.145. The molecule has 0 saturated carbocycles. The molecule has 4 heteroatoms. The van der Waals surface area contributed by atoms with E-state index >= 15 is 0 Å². The Labute approximate surface area is 130 Å². The molecule has 1 atom stereocenters. The summed E-state index contributed by atoms with van der Waals surface area (Å²) in [5.41, 5.74) is 0.656. The molecule has 1 unspecified atom stereocenters. The topological polar surface area (TPSA) is 26.3 Å². The molecule has 0 spiro atoms. The van der Waals surface area contributed by atoms with Gasteiger partial charge in [-0.25, -0.2) is 0 Å². The molecule has 1 aromatic rings. The first-order valence-electron chi connectivity index (χ1n) is 6.58. The minimum Gasteiger partial charge on any atom is -0.466 e. The first kappa shape index (κ1) is 17.1. The van der Waals surface area contributed by atoms with Crippen LogP contribution in [0.3, 0.4) is 0 Å². The normalized spacial score (nSPS) is 13.4. The van der Waals surface area contributed by atoms with Gasteiger partial charge in [0.25, 0.3) is 0 Å². The SMILES string of the molecule is CCOC(=O)CC(C)(C)C(Cl)C=Cc1ccc(Cl)cc1. The highest BCUT2D eigenvalue weighted by atomic mass is 35.5. The Hall–Kier alpha value is -0.990. The van der Waals surface area contributed by atoms with E-state index in [1.54, 1.807) is 6.92 Å². The van der Waals surface area contributed by atoms with E-state index in [1.807, 2.05) is 50.3 Å². The predicted octanol–water partition coefficient (Wildman–Crippen LogP) is 4.94. The molecule has 0 bridgehead atoms. The highest BCUT2D eigenvalue weighted by molar-refractivity contribution is 6.30. The van der Waals surface area contributed by atoms with Gasteiger partial charge in [-0.15, -0.1) is 11.6 Å². The van der Waals surface area contributed by atoms with E-state index in [0.29, 0.717) is 18.1 Å². The van der Waals surface area contributed by atoms with E-state index in [1.165, 1.54) is 0 Å². The van der Waals surface area contributed by atoms with Gasteiger partial charge < -0.3 is 4.74 Å². The van der Waals surface area contributed by atoms with E-state index < -0.39 is 0 Å². The second-order valence-corrected chi connectivity index (χ2v) is 6.19. The monoisotopic (exact) mass is 314 g/mol. The maximum absolute atomic E-state index is 11.6. The summed E-state index contributed by atoms with van der Waals surface area (Å²) in [7, 11) is 0. The van der Waals surface area contributed by atoms with Crippen LogP contribution in [0.4, 0.5) is 0 Å². The lowest BCUT2D eigenvalue weighted by Crippen LogP contribution is -2.27. The lowest BCUT2D eigenvalue weighted by atomic mass is 9.85. The molecule has 2 nitrogen and oxygen atoms in total. The number of benzene rings is 1. The number of hydrogen-bond acceptors (Lipinski definition) is 2. The van der Waals surface area contributed by atoms with Crippen molar-refractivity contribution in [3.8, 4) is 0 Å². The van der Waals surface area contributed by atoms with Crippen molar-refractivity contribution in [2.24, 2.45) is 5.41 Å². The minimum atomic E-state index is -0.364. The van der Waals surface area contributed by atoms with Crippen molar-refractivity contribution in [3.63, 3.8) is 0 Å². The van der Waals surface area contributed by atoms with E-state index in [9.17, 15) is 4.79 Å². The Morgan fingerprint density at radius 2 is 1.95 bits per heavy atom. The minimum absolute atomic E-state index is 0.219. The highest BCUT2D eigenvalue weighted by Crippen LogP contribution is 2.31. The summed E-state index contributed by atoms with van der Waals surface area (Å²) in [5, 5.41) is 0.440. The van der Waals surface area contributed by atoms with Crippen LogP contribution < -0.4 is 0 Å². The fourth-order valence-corrected chi connectivity index (χ4v) is 1.99. The smallest absolute Gasteiger partial charge is 0.306 e. The zero-order valence-corrected chi connectivity index (χ0v) is 13.5. The Morgan fingerprint density at radius 3 is 2.50 bits per heavy atom. The van der Waals surface area contributed by atoms with Crippen LogP contribution in [0, 0.1) is 5.41 Å². The van der Waals surface area contributed by atoms with Gasteiger partial charge in [0.1, 0.15) is 0 Å². The Morgan fingerprint density at radius 1 is 1.35 bits per heavy atom. The largest absolute Gasteiger partial charge is 0.466 e. The standard InChI is InChI=1S/C16H20Cl2O2/c1-4-20-15(19)11-16(2,3)14(18)10-7-12-5-8-13(17)9-6-12/h5-10,14H,4,11H2,1-3H3. The lowest BCUT2D eigenvalue weighted by Gasteiger charge is -2.26. The summed E-state index contributed by atoms with van der Waals surface area (Å²) < 4.78 is 4.97. The van der Waals surface area contributed by atoms with Crippen molar-refractivity contribution in [3.05, 3.63) is 40.9 Å². The number of alkyl halides is 1. The fraction of sp³-hybridized carbons (Fsp3) is 0.438. The predicted molar refractivity (Wildman–Crippen MR) is 85.2 cm³/mol. The van der Waals surface area contributed by atoms with Gasteiger partial charge in [0.15, 0.2) is 0 Å². The van der Waals surface area contributed by atoms with Crippen LogP contribution >= 0.6 is 23.2 Å². The van der Waals surface area contributed by atoms with Gasteiger partial charge in [-0.05, 0) is 30.0 Å². The number of rotatable bonds is 6. The summed E-state index contributed by atoms with van der Waals surface area (Å²) >= 11 is 12.2. The summed E-state index contributed by atoms with van der Waals surface area (Å²) in [6, 6.07) is 7.49. The Kier molecular flexibility index (Phi) is 6.57. The van der Waals surface area contributed by atoms with E-state index in [4.69, 9.17) is 27.9 Å². The van der Waals surface area contributed by atoms with Crippen molar-refractivity contribution in [2.45, 2.75) is 32.6 Å². The molecule has 20 heavy (non-hydrogen) atoms. The summed E-state index contributed by atoms with van der Waals surface area (Å²) in [6.45, 7) is 6.09. The van der Waals surface area contributed by atoms with Crippen molar-refractivity contribution >= 4 is 35.2 Å². The van der Waals surface area contributed by atoms with Crippen LogP contribution in [0.25, 0.3) is 6.08 Å². The van der Waals surface area contributed by atoms with E-state index in [2.05, 4.69) is 0 Å². The second-order valence-electron chi connectivity index (χ2n) is 5.28. The molecule has 0 aromatic heterocycles. The first-order chi connectivity index (χ1) is 9.35. The maximum atomic E-state index is 11.6. The van der Waals surface area contributed by atoms with Crippen LogP contribution in [0.5, 0.6) is 0 Å². The van der Waals surface area contributed by atoms with E-state index in [0.717, 1.165) is 5.56 Å². The molecule has 1 aromatic carbocycles. The van der Waals surface area contributed by atoms with Crippen molar-refractivity contribution in [1.82, 2.24) is 0 Å². The molecule has 0 heterocycles. The van der Waals surface area contributed by atoms with Gasteiger partial charge in [-0.1, -0.05) is 49.7 Å². The molecule has 0 aliphatic rings. The molecule has 0 saturated heterocycles. The van der Waals surface area contributed by atoms with Crippen molar-refractivity contribution in [2.75, 3.05) is 6.61 Å². The average molecular weight is 315 g/mol. The van der Waals surface area contributed by atoms with Gasteiger partial charge >= 0.3 is 5.97 Å². The molecular weight excluding hydrogens is 295 g/mol. The van der Waals surface area contributed by atoms with Gasteiger partial charge in [0.2, 0.25) is 0 Å². The van der Waals surface area contributed by atoms with Crippen LogP contribution in [-0.2, 0) is 9.53 Å². The van der Waals surface area contributed by atoms with Crippen molar-refractivity contribution < 1.29 is 9.53 Å². The molecule has 110 valence electrons. The maximum Gasteiger partial charge on any atom is 0.306 e. The Balaban J connectivity index is 2.66. The number of hydrogen-bond donors (Lipinski definition) is 0. The third-order valence-electron chi connectivity index (χ3n) is 2.98. The molecule has 0 radical (unpaired) electrons. The fourth-order valence-electron chi connectivity index (χ4n) is 1.71. The van der Waals surface area contributed by atoms with Crippen LogP contribution in [0.1, 0.15) is 32.8 Å². The zero-order chi connectivity index (χ0) is 15.2. The van der Waals surface area contributed by atoms with Gasteiger partial charge in [-0.2, -0.15) is 0 Å². The highest BCUT2D eigenvalue weighted by Gasteiger charge is 2.29. The average Bonchev–Trinajstić information content (AvgIpc) is 2.37. The number of carbonyl (C=O) groups is 1. The van der Waals surface area contributed by atoms with Gasteiger partial charge in [0.05, 0.1) is 18.4 Å². The number of ether oxygens (including phenoxy) is 1. The van der Waals surface area contributed by atoms with Crippen LogP contribution in [-0.4, -0.2) is 18.0 Å². The molecular formula is C16H20Cl2O2. The van der Waals surface area contributed by atoms with Crippen LogP contribution in [0.2, 0.25) is 5.02 Å². The first-order valence-corrected chi connectivity index (χ1v) is 7.40. The summed E-state index contributed by atoms with van der Waals surface area (Å²) in [4.78, 5) is 11.6.